The maximum Gasteiger partial charge on any atom is 0.251 e. The van der Waals surface area contributed by atoms with Gasteiger partial charge in [-0.25, -0.2) is 17.8 Å². The van der Waals surface area contributed by atoms with Gasteiger partial charge < -0.3 is 9.88 Å². The Morgan fingerprint density at radius 1 is 1.06 bits per heavy atom. The van der Waals surface area contributed by atoms with E-state index in [0.717, 1.165) is 25.7 Å². The molecule has 9 heteroatoms. The van der Waals surface area contributed by atoms with Crippen LogP contribution in [0.4, 0.5) is 4.39 Å². The van der Waals surface area contributed by atoms with Crippen LogP contribution in [0.5, 0.6) is 0 Å². The second kappa shape index (κ2) is 9.84. The fourth-order valence-electron chi connectivity index (χ4n) is 3.98. The summed E-state index contributed by atoms with van der Waals surface area (Å²) in [7, 11) is -3.56. The average molecular weight is 471 g/mol. The molecule has 0 atom stereocenters. The summed E-state index contributed by atoms with van der Waals surface area (Å²) in [5, 5.41) is 2.75. The standard InChI is InChI=1S/C24H27FN4O3S/c1-18-26-12-15-29(18)23-11-6-19(16-22(23)25)17-27-24(30)20-7-9-21(10-8-20)33(31,32)28-13-4-2-3-5-14-28/h6-12,15-16H,2-5,13-14,17H2,1H3,(H,27,30). The summed E-state index contributed by atoms with van der Waals surface area (Å²) in [4.78, 5) is 16.8. The van der Waals surface area contributed by atoms with E-state index in [0.29, 0.717) is 35.7 Å². The van der Waals surface area contributed by atoms with Crippen LogP contribution in [-0.2, 0) is 16.6 Å². The van der Waals surface area contributed by atoms with Gasteiger partial charge in [0.2, 0.25) is 10.0 Å². The third-order valence-corrected chi connectivity index (χ3v) is 7.78. The summed E-state index contributed by atoms with van der Waals surface area (Å²) >= 11 is 0. The number of sulfonamides is 1. The summed E-state index contributed by atoms with van der Waals surface area (Å²) in [6.07, 6.45) is 7.10. The highest BCUT2D eigenvalue weighted by atomic mass is 32.2. The highest BCUT2D eigenvalue weighted by Crippen LogP contribution is 2.21. The maximum atomic E-state index is 14.6. The molecule has 7 nitrogen and oxygen atoms in total. The zero-order valence-electron chi connectivity index (χ0n) is 18.5. The number of imidazole rings is 1. The monoisotopic (exact) mass is 470 g/mol. The SMILES string of the molecule is Cc1nccn1-c1ccc(CNC(=O)c2ccc(S(=O)(=O)N3CCCCCC3)cc2)cc1F. The molecule has 2 aromatic carbocycles. The fraction of sp³-hybridized carbons (Fsp3) is 0.333. The van der Waals surface area contributed by atoms with Crippen LogP contribution in [0.15, 0.2) is 59.8 Å². The van der Waals surface area contributed by atoms with Crippen LogP contribution >= 0.6 is 0 Å². The number of hydrogen-bond donors (Lipinski definition) is 1. The smallest absolute Gasteiger partial charge is 0.251 e. The molecule has 1 aromatic heterocycles. The number of carbonyl (C=O) groups excluding carboxylic acids is 1. The van der Waals surface area contributed by atoms with Gasteiger partial charge in [-0.2, -0.15) is 4.31 Å². The number of carbonyl (C=O) groups is 1. The summed E-state index contributed by atoms with van der Waals surface area (Å²) in [5.41, 5.74) is 1.35. The summed E-state index contributed by atoms with van der Waals surface area (Å²) < 4.78 is 43.5. The number of halogens is 1. The maximum absolute atomic E-state index is 14.6. The van der Waals surface area contributed by atoms with E-state index in [1.54, 1.807) is 36.0 Å². The third kappa shape index (κ3) is 5.15. The minimum absolute atomic E-state index is 0.146. The molecule has 1 aliphatic heterocycles. The van der Waals surface area contributed by atoms with E-state index < -0.39 is 15.8 Å². The number of benzene rings is 2. The Morgan fingerprint density at radius 3 is 2.36 bits per heavy atom. The number of rotatable bonds is 6. The molecule has 1 saturated heterocycles. The summed E-state index contributed by atoms with van der Waals surface area (Å²) in [5.74, 6) is -0.0918. The van der Waals surface area contributed by atoms with Crippen LogP contribution in [0.3, 0.4) is 0 Å². The van der Waals surface area contributed by atoms with E-state index in [9.17, 15) is 17.6 Å². The number of hydrogen-bond acceptors (Lipinski definition) is 4. The number of amides is 1. The van der Waals surface area contributed by atoms with Crippen molar-refractivity contribution < 1.29 is 17.6 Å². The first-order valence-corrected chi connectivity index (χ1v) is 12.5. The minimum Gasteiger partial charge on any atom is -0.348 e. The number of aryl methyl sites for hydroxylation is 1. The number of nitrogens with zero attached hydrogens (tertiary/aromatic N) is 3. The molecule has 0 radical (unpaired) electrons. The molecule has 0 bridgehead atoms. The zero-order chi connectivity index (χ0) is 23.4. The third-order valence-electron chi connectivity index (χ3n) is 5.87. The first kappa shape index (κ1) is 23.1. The molecule has 0 saturated carbocycles. The first-order valence-electron chi connectivity index (χ1n) is 11.0. The van der Waals surface area contributed by atoms with Crippen molar-refractivity contribution in [3.05, 3.63) is 77.6 Å². The molecule has 1 N–H and O–H groups in total. The van der Waals surface area contributed by atoms with Gasteiger partial charge in [-0.3, -0.25) is 4.79 Å². The molecule has 2 heterocycles. The van der Waals surface area contributed by atoms with E-state index in [2.05, 4.69) is 10.3 Å². The Kier molecular flexibility index (Phi) is 6.90. The molecule has 1 fully saturated rings. The van der Waals surface area contributed by atoms with Gasteiger partial charge in [0.25, 0.3) is 5.91 Å². The van der Waals surface area contributed by atoms with Crippen LogP contribution in [0.2, 0.25) is 0 Å². The lowest BCUT2D eigenvalue weighted by atomic mass is 10.1. The minimum atomic E-state index is -3.56. The van der Waals surface area contributed by atoms with E-state index in [1.165, 1.54) is 34.6 Å². The molecule has 33 heavy (non-hydrogen) atoms. The summed E-state index contributed by atoms with van der Waals surface area (Å²) in [6, 6.07) is 10.7. The highest BCUT2D eigenvalue weighted by Gasteiger charge is 2.25. The topological polar surface area (TPSA) is 84.3 Å². The van der Waals surface area contributed by atoms with Crippen molar-refractivity contribution in [3.8, 4) is 5.69 Å². The second-order valence-corrected chi connectivity index (χ2v) is 10.1. The first-order chi connectivity index (χ1) is 15.9. The molecule has 0 aliphatic carbocycles. The van der Waals surface area contributed by atoms with Crippen LogP contribution in [-0.4, -0.2) is 41.3 Å². The predicted octanol–water partition coefficient (Wildman–Crippen LogP) is 3.81. The van der Waals surface area contributed by atoms with E-state index in [1.807, 2.05) is 0 Å². The molecule has 3 aromatic rings. The highest BCUT2D eigenvalue weighted by molar-refractivity contribution is 7.89. The largest absolute Gasteiger partial charge is 0.348 e. The van der Waals surface area contributed by atoms with Gasteiger partial charge in [-0.15, -0.1) is 0 Å². The Bertz CT molecular complexity index is 1230. The summed E-state index contributed by atoms with van der Waals surface area (Å²) in [6.45, 7) is 2.99. The van der Waals surface area contributed by atoms with Crippen molar-refractivity contribution in [1.29, 1.82) is 0 Å². The number of aromatic nitrogens is 2. The molecule has 4 rings (SSSR count). The van der Waals surface area contributed by atoms with Crippen molar-refractivity contribution in [3.63, 3.8) is 0 Å². The lowest BCUT2D eigenvalue weighted by Crippen LogP contribution is -2.32. The van der Waals surface area contributed by atoms with Gasteiger partial charge >= 0.3 is 0 Å². The van der Waals surface area contributed by atoms with Crippen LogP contribution in [0.25, 0.3) is 5.69 Å². The predicted molar refractivity (Wildman–Crippen MR) is 123 cm³/mol. The molecule has 1 aliphatic rings. The van der Waals surface area contributed by atoms with E-state index in [-0.39, 0.29) is 17.3 Å². The molecule has 0 spiro atoms. The Hall–Kier alpha value is -3.04. The van der Waals surface area contributed by atoms with Crippen molar-refractivity contribution in [2.75, 3.05) is 13.1 Å². The lowest BCUT2D eigenvalue weighted by Gasteiger charge is -2.20. The zero-order valence-corrected chi connectivity index (χ0v) is 19.3. The van der Waals surface area contributed by atoms with Gasteiger partial charge in [0.05, 0.1) is 10.6 Å². The van der Waals surface area contributed by atoms with E-state index >= 15 is 0 Å². The quantitative estimate of drug-likeness (QED) is 0.594. The van der Waals surface area contributed by atoms with Crippen molar-refractivity contribution >= 4 is 15.9 Å². The van der Waals surface area contributed by atoms with Gasteiger partial charge in [0, 0.05) is 37.6 Å². The van der Waals surface area contributed by atoms with Crippen LogP contribution in [0.1, 0.15) is 47.4 Å². The average Bonchev–Trinajstić information content (AvgIpc) is 3.05. The molecule has 0 unspecified atom stereocenters. The van der Waals surface area contributed by atoms with Crippen LogP contribution < -0.4 is 5.32 Å². The second-order valence-electron chi connectivity index (χ2n) is 8.16. The van der Waals surface area contributed by atoms with Crippen molar-refractivity contribution in [1.82, 2.24) is 19.2 Å². The Balaban J connectivity index is 1.40. The van der Waals surface area contributed by atoms with Gasteiger partial charge in [0.1, 0.15) is 11.6 Å². The molecule has 1 amide bonds. The normalized spacial score (nSPS) is 15.2. The molecular weight excluding hydrogens is 443 g/mol. The molecular formula is C24H27FN4O3S. The lowest BCUT2D eigenvalue weighted by molar-refractivity contribution is 0.0950. The van der Waals surface area contributed by atoms with Gasteiger partial charge in [-0.1, -0.05) is 18.9 Å². The Morgan fingerprint density at radius 2 is 1.76 bits per heavy atom. The van der Waals surface area contributed by atoms with Crippen molar-refractivity contribution in [2.45, 2.75) is 44.0 Å². The number of nitrogens with one attached hydrogen (secondary N) is 1. The fourth-order valence-corrected chi connectivity index (χ4v) is 5.50. The van der Waals surface area contributed by atoms with Crippen LogP contribution in [0, 0.1) is 12.7 Å². The van der Waals surface area contributed by atoms with E-state index in [4.69, 9.17) is 0 Å². The van der Waals surface area contributed by atoms with Gasteiger partial charge in [-0.05, 0) is 61.7 Å². The van der Waals surface area contributed by atoms with Crippen molar-refractivity contribution in [2.24, 2.45) is 0 Å². The Labute approximate surface area is 193 Å². The van der Waals surface area contributed by atoms with Gasteiger partial charge in [0.15, 0.2) is 0 Å². The molecule has 174 valence electrons.